The normalized spacial score (nSPS) is 13.0. The molecule has 1 aromatic rings. The van der Waals surface area contributed by atoms with E-state index in [0.29, 0.717) is 0 Å². The van der Waals surface area contributed by atoms with Crippen LogP contribution in [0.4, 0.5) is 0 Å². The van der Waals surface area contributed by atoms with E-state index in [2.05, 4.69) is 42.8 Å². The van der Waals surface area contributed by atoms with Gasteiger partial charge in [-0.15, -0.1) is 0 Å². The first kappa shape index (κ1) is 14.2. The van der Waals surface area contributed by atoms with E-state index in [1.165, 1.54) is 29.8 Å². The third-order valence-corrected chi connectivity index (χ3v) is 3.42. The van der Waals surface area contributed by atoms with E-state index in [9.17, 15) is 0 Å². The van der Waals surface area contributed by atoms with Crippen molar-refractivity contribution in [1.29, 1.82) is 0 Å². The van der Waals surface area contributed by atoms with Crippen LogP contribution in [0.5, 0.6) is 0 Å². The van der Waals surface area contributed by atoms with Crippen molar-refractivity contribution >= 4 is 0 Å². The fraction of sp³-hybridized carbons (Fsp3) is 0.786. The van der Waals surface area contributed by atoms with Crippen LogP contribution in [0.1, 0.15) is 43.6 Å². The maximum Gasteiger partial charge on any atom is 0.0628 e. The second-order valence-electron chi connectivity index (χ2n) is 5.08. The molecule has 0 aromatic carbocycles. The summed E-state index contributed by atoms with van der Waals surface area (Å²) in [6.07, 6.45) is 3.62. The Hall–Kier alpha value is -0.830. The summed E-state index contributed by atoms with van der Waals surface area (Å²) in [6, 6.07) is 0. The zero-order chi connectivity index (χ0) is 12.8. The van der Waals surface area contributed by atoms with Crippen LogP contribution < -0.4 is 5.32 Å². The molecule has 3 heteroatoms. The predicted octanol–water partition coefficient (Wildman–Crippen LogP) is 2.70. The molecule has 0 aliphatic rings. The number of nitrogens with one attached hydrogen (secondary N) is 1. The number of hydrogen-bond donors (Lipinski definition) is 1. The number of hydrogen-bond acceptors (Lipinski definition) is 2. The van der Waals surface area contributed by atoms with Gasteiger partial charge in [0, 0.05) is 12.2 Å². The average molecular weight is 237 g/mol. The standard InChI is InChI=1S/C14H27N3/c1-6-7-11(2)10-17-13(4)14(8-9-15-5)12(3)16-17/h11,15H,6-10H2,1-5H3. The molecule has 0 radical (unpaired) electrons. The van der Waals surface area contributed by atoms with Crippen LogP contribution in [0.25, 0.3) is 0 Å². The van der Waals surface area contributed by atoms with Crippen LogP contribution >= 0.6 is 0 Å². The molecule has 0 spiro atoms. The van der Waals surface area contributed by atoms with Gasteiger partial charge in [0.2, 0.25) is 0 Å². The van der Waals surface area contributed by atoms with Crippen molar-refractivity contribution in [2.24, 2.45) is 5.92 Å². The summed E-state index contributed by atoms with van der Waals surface area (Å²) in [7, 11) is 2.00. The van der Waals surface area contributed by atoms with Crippen molar-refractivity contribution < 1.29 is 0 Å². The zero-order valence-corrected chi connectivity index (χ0v) is 12.0. The van der Waals surface area contributed by atoms with Crippen LogP contribution in [0.2, 0.25) is 0 Å². The van der Waals surface area contributed by atoms with Crippen LogP contribution in [-0.4, -0.2) is 23.4 Å². The summed E-state index contributed by atoms with van der Waals surface area (Å²) in [5.41, 5.74) is 3.96. The van der Waals surface area contributed by atoms with E-state index in [4.69, 9.17) is 0 Å². The van der Waals surface area contributed by atoms with Crippen LogP contribution in [0.15, 0.2) is 0 Å². The van der Waals surface area contributed by atoms with Crippen LogP contribution in [0, 0.1) is 19.8 Å². The fourth-order valence-electron chi connectivity index (χ4n) is 2.40. The second kappa shape index (κ2) is 6.80. The maximum atomic E-state index is 4.67. The third-order valence-electron chi connectivity index (χ3n) is 3.42. The molecular weight excluding hydrogens is 210 g/mol. The summed E-state index contributed by atoms with van der Waals surface area (Å²) < 4.78 is 2.20. The van der Waals surface area contributed by atoms with Crippen molar-refractivity contribution in [3.63, 3.8) is 0 Å². The Morgan fingerprint density at radius 2 is 2.06 bits per heavy atom. The highest BCUT2D eigenvalue weighted by Gasteiger charge is 2.12. The molecule has 1 atom stereocenters. The second-order valence-corrected chi connectivity index (χ2v) is 5.08. The summed E-state index contributed by atoms with van der Waals surface area (Å²) in [5, 5.41) is 7.88. The van der Waals surface area contributed by atoms with Gasteiger partial charge in [-0.05, 0) is 51.8 Å². The lowest BCUT2D eigenvalue weighted by atomic mass is 10.1. The molecule has 1 aromatic heterocycles. The first-order chi connectivity index (χ1) is 8.10. The minimum atomic E-state index is 0.718. The Bertz CT molecular complexity index is 341. The molecule has 0 bridgehead atoms. The van der Waals surface area contributed by atoms with E-state index in [1.54, 1.807) is 0 Å². The topological polar surface area (TPSA) is 29.9 Å². The molecule has 1 unspecified atom stereocenters. The third kappa shape index (κ3) is 3.84. The van der Waals surface area contributed by atoms with Crippen molar-refractivity contribution in [2.75, 3.05) is 13.6 Å². The van der Waals surface area contributed by atoms with Gasteiger partial charge in [0.1, 0.15) is 0 Å². The highest BCUT2D eigenvalue weighted by atomic mass is 15.3. The maximum absolute atomic E-state index is 4.67. The minimum absolute atomic E-state index is 0.718. The van der Waals surface area contributed by atoms with Gasteiger partial charge >= 0.3 is 0 Å². The Morgan fingerprint density at radius 3 is 2.65 bits per heavy atom. The summed E-state index contributed by atoms with van der Waals surface area (Å²) in [5.74, 6) is 0.718. The van der Waals surface area contributed by atoms with Crippen molar-refractivity contribution in [3.05, 3.63) is 17.0 Å². The highest BCUT2D eigenvalue weighted by molar-refractivity contribution is 5.24. The van der Waals surface area contributed by atoms with Crippen molar-refractivity contribution in [1.82, 2.24) is 15.1 Å². The molecule has 0 aliphatic heterocycles. The van der Waals surface area contributed by atoms with Gasteiger partial charge in [-0.25, -0.2) is 0 Å². The average Bonchev–Trinajstić information content (AvgIpc) is 2.52. The molecule has 3 nitrogen and oxygen atoms in total. The molecule has 0 amide bonds. The van der Waals surface area contributed by atoms with Crippen molar-refractivity contribution in [2.45, 2.75) is 53.5 Å². The Balaban J connectivity index is 2.73. The molecule has 1 rings (SSSR count). The molecule has 1 heterocycles. The molecule has 0 aliphatic carbocycles. The molecular formula is C14H27N3. The monoisotopic (exact) mass is 237 g/mol. The molecule has 98 valence electrons. The minimum Gasteiger partial charge on any atom is -0.319 e. The number of likely N-dealkylation sites (N-methyl/N-ethyl adjacent to an activating group) is 1. The lowest BCUT2D eigenvalue weighted by molar-refractivity contribution is 0.414. The summed E-state index contributed by atoms with van der Waals surface area (Å²) in [6.45, 7) is 11.0. The van der Waals surface area contributed by atoms with Gasteiger partial charge in [0.25, 0.3) is 0 Å². The molecule has 17 heavy (non-hydrogen) atoms. The highest BCUT2D eigenvalue weighted by Crippen LogP contribution is 2.16. The van der Waals surface area contributed by atoms with Crippen LogP contribution in [0.3, 0.4) is 0 Å². The lowest BCUT2D eigenvalue weighted by Crippen LogP contribution is -2.12. The quantitative estimate of drug-likeness (QED) is 0.790. The number of nitrogens with zero attached hydrogens (tertiary/aromatic N) is 2. The molecule has 0 saturated heterocycles. The molecule has 0 fully saturated rings. The molecule has 1 N–H and O–H groups in total. The Kier molecular flexibility index (Phi) is 5.69. The van der Waals surface area contributed by atoms with Gasteiger partial charge in [-0.1, -0.05) is 20.3 Å². The van der Waals surface area contributed by atoms with E-state index in [1.807, 2.05) is 7.05 Å². The lowest BCUT2D eigenvalue weighted by Gasteiger charge is -2.12. The largest absolute Gasteiger partial charge is 0.319 e. The smallest absolute Gasteiger partial charge is 0.0628 e. The zero-order valence-electron chi connectivity index (χ0n) is 12.0. The number of aryl methyl sites for hydroxylation is 1. The number of rotatable bonds is 7. The Morgan fingerprint density at radius 1 is 1.35 bits per heavy atom. The first-order valence-electron chi connectivity index (χ1n) is 6.77. The fourth-order valence-corrected chi connectivity index (χ4v) is 2.40. The molecule has 0 saturated carbocycles. The number of aromatic nitrogens is 2. The SMILES string of the molecule is CCCC(C)Cn1nc(C)c(CCNC)c1C. The first-order valence-corrected chi connectivity index (χ1v) is 6.77. The van der Waals surface area contributed by atoms with Crippen LogP contribution in [-0.2, 0) is 13.0 Å². The van der Waals surface area contributed by atoms with Gasteiger partial charge in [-0.3, -0.25) is 4.68 Å². The van der Waals surface area contributed by atoms with Crippen molar-refractivity contribution in [3.8, 4) is 0 Å². The Labute approximate surface area is 106 Å². The van der Waals surface area contributed by atoms with E-state index in [0.717, 1.165) is 25.4 Å². The van der Waals surface area contributed by atoms with Gasteiger partial charge in [-0.2, -0.15) is 5.10 Å². The van der Waals surface area contributed by atoms with Gasteiger partial charge in [0.05, 0.1) is 5.69 Å². The van der Waals surface area contributed by atoms with E-state index >= 15 is 0 Å². The van der Waals surface area contributed by atoms with E-state index in [-0.39, 0.29) is 0 Å². The summed E-state index contributed by atoms with van der Waals surface area (Å²) >= 11 is 0. The van der Waals surface area contributed by atoms with Gasteiger partial charge < -0.3 is 5.32 Å². The van der Waals surface area contributed by atoms with Gasteiger partial charge in [0.15, 0.2) is 0 Å². The van der Waals surface area contributed by atoms with E-state index < -0.39 is 0 Å². The predicted molar refractivity (Wildman–Crippen MR) is 73.4 cm³/mol. The summed E-state index contributed by atoms with van der Waals surface area (Å²) in [4.78, 5) is 0.